The highest BCUT2D eigenvalue weighted by Gasteiger charge is 2.21. The largest absolute Gasteiger partial charge is 0.340 e. The number of sulfonamides is 1. The first-order valence-corrected chi connectivity index (χ1v) is 11.5. The van der Waals surface area contributed by atoms with E-state index < -0.39 is 16.1 Å². The molecule has 0 saturated heterocycles. The van der Waals surface area contributed by atoms with Gasteiger partial charge in [-0.2, -0.15) is 0 Å². The lowest BCUT2D eigenvalue weighted by molar-refractivity contribution is 0.253. The number of amides is 2. The molecule has 0 saturated carbocycles. The van der Waals surface area contributed by atoms with Crippen LogP contribution in [0.4, 0.5) is 16.2 Å². The van der Waals surface area contributed by atoms with E-state index in [-0.39, 0.29) is 5.41 Å². The second-order valence-electron chi connectivity index (χ2n) is 8.13. The van der Waals surface area contributed by atoms with Gasteiger partial charge >= 0.3 is 6.03 Å². The van der Waals surface area contributed by atoms with Crippen molar-refractivity contribution in [1.82, 2.24) is 4.72 Å². The van der Waals surface area contributed by atoms with Crippen molar-refractivity contribution in [3.8, 4) is 0 Å². The van der Waals surface area contributed by atoms with E-state index in [9.17, 15) is 13.2 Å². The summed E-state index contributed by atoms with van der Waals surface area (Å²) in [5.74, 6) is 0. The Bertz CT molecular complexity index is 1110. The Kier molecular flexibility index (Phi) is 6.61. The van der Waals surface area contributed by atoms with Crippen LogP contribution in [0.25, 0.3) is 6.08 Å². The first kappa shape index (κ1) is 22.3. The number of nitrogens with zero attached hydrogens (tertiary/aromatic N) is 1. The number of carbonyl (C=O) groups is 1. The summed E-state index contributed by atoms with van der Waals surface area (Å²) in [6.07, 6.45) is 1.47. The molecule has 5 nitrogen and oxygen atoms in total. The zero-order chi connectivity index (χ0) is 22.5. The lowest BCUT2D eigenvalue weighted by Crippen LogP contribution is -2.39. The summed E-state index contributed by atoms with van der Waals surface area (Å²) in [7, 11) is -4.00. The molecule has 1 N–H and O–H groups in total. The summed E-state index contributed by atoms with van der Waals surface area (Å²) >= 11 is 0. The van der Waals surface area contributed by atoms with Gasteiger partial charge in [-0.25, -0.2) is 17.9 Å². The quantitative estimate of drug-likeness (QED) is 0.549. The highest BCUT2D eigenvalue weighted by Crippen LogP contribution is 2.25. The van der Waals surface area contributed by atoms with Gasteiger partial charge in [0, 0.05) is 0 Å². The number of hydrogen-bond donors (Lipinski definition) is 1. The van der Waals surface area contributed by atoms with E-state index in [1.54, 1.807) is 48.5 Å². The normalized spacial score (nSPS) is 12.0. The maximum atomic E-state index is 12.9. The number of benzene rings is 3. The number of nitrogens with one attached hydrogen (secondary N) is 1. The average Bonchev–Trinajstić information content (AvgIpc) is 2.73. The van der Waals surface area contributed by atoms with Crippen LogP contribution in [-0.4, -0.2) is 14.4 Å². The third kappa shape index (κ3) is 6.06. The zero-order valence-electron chi connectivity index (χ0n) is 17.8. The lowest BCUT2D eigenvalue weighted by atomic mass is 9.87. The summed E-state index contributed by atoms with van der Waals surface area (Å²) in [5.41, 5.74) is 3.02. The van der Waals surface area contributed by atoms with E-state index in [0.29, 0.717) is 11.4 Å². The predicted octanol–water partition coefficient (Wildman–Crippen LogP) is 5.83. The minimum absolute atomic E-state index is 0.0145. The smallest absolute Gasteiger partial charge is 0.262 e. The molecule has 3 aromatic rings. The molecule has 160 valence electrons. The molecule has 0 unspecified atom stereocenters. The summed E-state index contributed by atoms with van der Waals surface area (Å²) in [6, 6.07) is 24.7. The van der Waals surface area contributed by atoms with Gasteiger partial charge in [0.2, 0.25) is 0 Å². The fourth-order valence-corrected chi connectivity index (χ4v) is 3.74. The first-order valence-electron chi connectivity index (χ1n) is 9.91. The molecule has 2 amide bonds. The molecule has 0 radical (unpaired) electrons. The standard InChI is InChI=1S/C25H26N2O3S/c1-25(2,3)21-16-14-20(15-17-21)18-19-31(29,30)26-24(28)27(22-10-6-4-7-11-22)23-12-8-5-9-13-23/h4-19H,1-3H3,(H,26,28)/b19-18+. The number of carbonyl (C=O) groups excluding carboxylic acids is 1. The summed E-state index contributed by atoms with van der Waals surface area (Å²) in [5, 5.41) is 1.01. The van der Waals surface area contributed by atoms with Crippen LogP contribution in [0.3, 0.4) is 0 Å². The van der Waals surface area contributed by atoms with Crippen molar-refractivity contribution in [2.75, 3.05) is 4.90 Å². The van der Waals surface area contributed by atoms with Gasteiger partial charge in [-0.15, -0.1) is 0 Å². The number of para-hydroxylation sites is 2. The number of hydrogen-bond acceptors (Lipinski definition) is 3. The number of anilines is 2. The maximum absolute atomic E-state index is 12.9. The second-order valence-corrected chi connectivity index (χ2v) is 9.70. The second kappa shape index (κ2) is 9.18. The molecule has 0 aliphatic rings. The minimum atomic E-state index is -4.00. The van der Waals surface area contributed by atoms with E-state index in [1.807, 2.05) is 36.4 Å². The molecule has 0 heterocycles. The molecule has 3 rings (SSSR count). The van der Waals surface area contributed by atoms with E-state index >= 15 is 0 Å². The van der Waals surface area contributed by atoms with Gasteiger partial charge in [0.05, 0.1) is 16.8 Å². The fraction of sp³-hybridized carbons (Fsp3) is 0.160. The topological polar surface area (TPSA) is 66.5 Å². The van der Waals surface area contributed by atoms with Crippen molar-refractivity contribution < 1.29 is 13.2 Å². The van der Waals surface area contributed by atoms with Crippen molar-refractivity contribution in [3.63, 3.8) is 0 Å². The molecule has 0 aromatic heterocycles. The molecule has 0 aliphatic heterocycles. The molecule has 0 spiro atoms. The van der Waals surface area contributed by atoms with Gasteiger partial charge < -0.3 is 0 Å². The van der Waals surface area contributed by atoms with Crippen molar-refractivity contribution in [2.24, 2.45) is 0 Å². The Labute approximate surface area is 184 Å². The zero-order valence-corrected chi connectivity index (χ0v) is 18.6. The van der Waals surface area contributed by atoms with Gasteiger partial charge in [0.1, 0.15) is 0 Å². The highest BCUT2D eigenvalue weighted by molar-refractivity contribution is 7.93. The van der Waals surface area contributed by atoms with Crippen LogP contribution >= 0.6 is 0 Å². The van der Waals surface area contributed by atoms with Gasteiger partial charge in [0.15, 0.2) is 0 Å². The number of urea groups is 1. The Morgan fingerprint density at radius 2 is 1.29 bits per heavy atom. The molecular formula is C25H26N2O3S. The van der Waals surface area contributed by atoms with E-state index in [2.05, 4.69) is 25.5 Å². The Morgan fingerprint density at radius 1 is 0.806 bits per heavy atom. The predicted molar refractivity (Wildman–Crippen MR) is 127 cm³/mol. The Hall–Kier alpha value is -3.38. The van der Waals surface area contributed by atoms with Crippen molar-refractivity contribution in [3.05, 3.63) is 101 Å². The molecule has 3 aromatic carbocycles. The van der Waals surface area contributed by atoms with Crippen LogP contribution in [0.15, 0.2) is 90.3 Å². The van der Waals surface area contributed by atoms with Crippen LogP contribution in [0.5, 0.6) is 0 Å². The highest BCUT2D eigenvalue weighted by atomic mass is 32.2. The summed E-state index contributed by atoms with van der Waals surface area (Å²) in [6.45, 7) is 6.34. The third-order valence-corrected chi connectivity index (χ3v) is 5.63. The molecule has 0 fully saturated rings. The SMILES string of the molecule is CC(C)(C)c1ccc(/C=C/S(=O)(=O)NC(=O)N(c2ccccc2)c2ccccc2)cc1. The van der Waals surface area contributed by atoms with Crippen molar-refractivity contribution in [2.45, 2.75) is 26.2 Å². The molecule has 6 heteroatoms. The van der Waals surface area contributed by atoms with E-state index in [4.69, 9.17) is 0 Å². The molecule has 0 atom stereocenters. The van der Waals surface area contributed by atoms with Crippen LogP contribution in [0, 0.1) is 0 Å². The molecule has 0 aliphatic carbocycles. The Morgan fingerprint density at radius 3 is 1.74 bits per heavy atom. The van der Waals surface area contributed by atoms with Crippen LogP contribution in [0.2, 0.25) is 0 Å². The van der Waals surface area contributed by atoms with E-state index in [1.165, 1.54) is 11.0 Å². The summed E-state index contributed by atoms with van der Waals surface area (Å²) in [4.78, 5) is 14.3. The van der Waals surface area contributed by atoms with Crippen LogP contribution in [0.1, 0.15) is 31.9 Å². The van der Waals surface area contributed by atoms with Gasteiger partial charge in [-0.3, -0.25) is 4.90 Å². The summed E-state index contributed by atoms with van der Waals surface area (Å²) < 4.78 is 27.3. The maximum Gasteiger partial charge on any atom is 0.340 e. The lowest BCUT2D eigenvalue weighted by Gasteiger charge is -2.22. The van der Waals surface area contributed by atoms with Gasteiger partial charge in [-0.05, 0) is 46.9 Å². The first-order chi connectivity index (χ1) is 14.7. The van der Waals surface area contributed by atoms with Crippen molar-refractivity contribution >= 4 is 33.5 Å². The molecule has 31 heavy (non-hydrogen) atoms. The monoisotopic (exact) mass is 434 g/mol. The van der Waals surface area contributed by atoms with Gasteiger partial charge in [-0.1, -0.05) is 81.4 Å². The minimum Gasteiger partial charge on any atom is -0.262 e. The molecule has 0 bridgehead atoms. The Balaban J connectivity index is 1.80. The third-order valence-electron chi connectivity index (χ3n) is 4.68. The van der Waals surface area contributed by atoms with Gasteiger partial charge in [0.25, 0.3) is 10.0 Å². The van der Waals surface area contributed by atoms with E-state index in [0.717, 1.165) is 16.5 Å². The van der Waals surface area contributed by atoms with Crippen LogP contribution in [-0.2, 0) is 15.4 Å². The van der Waals surface area contributed by atoms with Crippen molar-refractivity contribution in [1.29, 1.82) is 0 Å². The average molecular weight is 435 g/mol. The fourth-order valence-electron chi connectivity index (χ4n) is 3.00. The van der Waals surface area contributed by atoms with Crippen LogP contribution < -0.4 is 9.62 Å². The molecular weight excluding hydrogens is 408 g/mol. The number of rotatable bonds is 5.